The number of hydrogen-bond donors (Lipinski definition) is 0. The highest BCUT2D eigenvalue weighted by atomic mass is 16.2. The largest absolute Gasteiger partial charge is 0.312 e. The molecule has 1 aromatic rings. The summed E-state index contributed by atoms with van der Waals surface area (Å²) in [6.45, 7) is 2.32. The van der Waals surface area contributed by atoms with E-state index in [9.17, 15) is 4.79 Å². The second-order valence-corrected chi connectivity index (χ2v) is 3.67. The number of benzene rings is 1. The van der Waals surface area contributed by atoms with Crippen molar-refractivity contribution in [2.75, 3.05) is 11.4 Å². The van der Waals surface area contributed by atoms with Crippen molar-refractivity contribution in [1.82, 2.24) is 0 Å². The molecule has 1 aromatic carbocycles. The van der Waals surface area contributed by atoms with Crippen LogP contribution in [0.1, 0.15) is 18.1 Å². The molecule has 15 heavy (non-hydrogen) atoms. The average molecular weight is 200 g/mol. The standard InChI is InChI=1S/C12H12N2O/c1-9(15)14-8-6-11-10(5-7-13)3-2-4-12(11)14/h2-4H,5-6,8H2,1H3. The molecule has 0 fully saturated rings. The molecule has 0 aromatic heterocycles. The maximum atomic E-state index is 11.3. The number of carbonyl (C=O) groups excluding carboxylic acids is 1. The van der Waals surface area contributed by atoms with E-state index in [2.05, 4.69) is 6.07 Å². The zero-order valence-corrected chi connectivity index (χ0v) is 8.66. The van der Waals surface area contributed by atoms with Gasteiger partial charge >= 0.3 is 0 Å². The molecule has 0 saturated carbocycles. The maximum Gasteiger partial charge on any atom is 0.223 e. The third-order valence-electron chi connectivity index (χ3n) is 2.77. The van der Waals surface area contributed by atoms with E-state index in [1.807, 2.05) is 18.2 Å². The van der Waals surface area contributed by atoms with Crippen LogP contribution in [0.2, 0.25) is 0 Å². The average Bonchev–Trinajstić information content (AvgIpc) is 2.62. The van der Waals surface area contributed by atoms with Gasteiger partial charge in [0.05, 0.1) is 12.5 Å². The van der Waals surface area contributed by atoms with Gasteiger partial charge in [0.1, 0.15) is 0 Å². The van der Waals surface area contributed by atoms with E-state index < -0.39 is 0 Å². The van der Waals surface area contributed by atoms with Crippen molar-refractivity contribution in [2.45, 2.75) is 19.8 Å². The van der Waals surface area contributed by atoms with Gasteiger partial charge in [-0.3, -0.25) is 4.79 Å². The lowest BCUT2D eigenvalue weighted by Crippen LogP contribution is -2.25. The first kappa shape index (κ1) is 9.72. The highest BCUT2D eigenvalue weighted by Gasteiger charge is 2.23. The smallest absolute Gasteiger partial charge is 0.223 e. The van der Waals surface area contributed by atoms with E-state index in [1.54, 1.807) is 11.8 Å². The Bertz CT molecular complexity index is 445. The molecule has 1 heterocycles. The third-order valence-corrected chi connectivity index (χ3v) is 2.77. The monoisotopic (exact) mass is 200 g/mol. The van der Waals surface area contributed by atoms with Crippen molar-refractivity contribution in [3.05, 3.63) is 29.3 Å². The number of rotatable bonds is 1. The normalized spacial score (nSPS) is 13.5. The summed E-state index contributed by atoms with van der Waals surface area (Å²) in [6, 6.07) is 7.98. The van der Waals surface area contributed by atoms with Crippen LogP contribution in [0, 0.1) is 11.3 Å². The van der Waals surface area contributed by atoms with Crippen molar-refractivity contribution >= 4 is 11.6 Å². The Kier molecular flexibility index (Phi) is 2.42. The summed E-state index contributed by atoms with van der Waals surface area (Å²) in [6.07, 6.45) is 1.29. The number of carbonyl (C=O) groups is 1. The van der Waals surface area contributed by atoms with Crippen LogP contribution in [0.4, 0.5) is 5.69 Å². The molecule has 1 aliphatic heterocycles. The molecule has 3 heteroatoms. The molecule has 1 aliphatic rings. The number of amides is 1. The van der Waals surface area contributed by atoms with Crippen LogP contribution in [0.3, 0.4) is 0 Å². The van der Waals surface area contributed by atoms with Crippen molar-refractivity contribution in [1.29, 1.82) is 5.26 Å². The minimum atomic E-state index is 0.0721. The molecule has 0 atom stereocenters. The lowest BCUT2D eigenvalue weighted by atomic mass is 10.0. The fraction of sp³-hybridized carbons (Fsp3) is 0.333. The summed E-state index contributed by atoms with van der Waals surface area (Å²) in [7, 11) is 0. The zero-order chi connectivity index (χ0) is 10.8. The van der Waals surface area contributed by atoms with Crippen LogP contribution in [-0.4, -0.2) is 12.5 Å². The van der Waals surface area contributed by atoms with E-state index in [0.29, 0.717) is 6.42 Å². The third kappa shape index (κ3) is 1.59. The number of anilines is 1. The summed E-state index contributed by atoms with van der Waals surface area (Å²) < 4.78 is 0. The summed E-state index contributed by atoms with van der Waals surface area (Å²) >= 11 is 0. The molecule has 0 spiro atoms. The topological polar surface area (TPSA) is 44.1 Å². The molecular formula is C12H12N2O. The van der Waals surface area contributed by atoms with E-state index in [-0.39, 0.29) is 5.91 Å². The Morgan fingerprint density at radius 3 is 3.07 bits per heavy atom. The highest BCUT2D eigenvalue weighted by Crippen LogP contribution is 2.30. The Labute approximate surface area is 88.9 Å². The van der Waals surface area contributed by atoms with E-state index >= 15 is 0 Å². The van der Waals surface area contributed by atoms with Crippen LogP contribution < -0.4 is 4.90 Å². The first-order valence-electron chi connectivity index (χ1n) is 5.00. The van der Waals surface area contributed by atoms with Crippen molar-refractivity contribution in [2.24, 2.45) is 0 Å². The SMILES string of the molecule is CC(=O)N1CCc2c(CC#N)cccc21. The minimum Gasteiger partial charge on any atom is -0.312 e. The van der Waals surface area contributed by atoms with Crippen molar-refractivity contribution < 1.29 is 4.79 Å². The Hall–Kier alpha value is -1.82. The van der Waals surface area contributed by atoms with Gasteiger partial charge in [0, 0.05) is 19.2 Å². The Balaban J connectivity index is 2.44. The van der Waals surface area contributed by atoms with Crippen LogP contribution >= 0.6 is 0 Å². The number of nitriles is 1. The van der Waals surface area contributed by atoms with Gasteiger partial charge in [0.2, 0.25) is 5.91 Å². The Morgan fingerprint density at radius 1 is 1.60 bits per heavy atom. The van der Waals surface area contributed by atoms with Gasteiger partial charge in [-0.05, 0) is 23.6 Å². The van der Waals surface area contributed by atoms with Gasteiger partial charge in [-0.15, -0.1) is 0 Å². The van der Waals surface area contributed by atoms with E-state index in [0.717, 1.165) is 29.8 Å². The van der Waals surface area contributed by atoms with Crippen LogP contribution in [0.25, 0.3) is 0 Å². The molecule has 0 aliphatic carbocycles. The number of hydrogen-bond acceptors (Lipinski definition) is 2. The minimum absolute atomic E-state index is 0.0721. The molecule has 0 saturated heterocycles. The lowest BCUT2D eigenvalue weighted by Gasteiger charge is -2.14. The summed E-state index contributed by atoms with van der Waals surface area (Å²) in [5, 5.41) is 8.70. The zero-order valence-electron chi connectivity index (χ0n) is 8.66. The Morgan fingerprint density at radius 2 is 2.40 bits per heavy atom. The van der Waals surface area contributed by atoms with Gasteiger partial charge in [-0.2, -0.15) is 5.26 Å². The molecule has 0 radical (unpaired) electrons. The molecule has 0 N–H and O–H groups in total. The fourth-order valence-corrected chi connectivity index (χ4v) is 2.08. The first-order valence-corrected chi connectivity index (χ1v) is 5.00. The van der Waals surface area contributed by atoms with Gasteiger partial charge in [-0.25, -0.2) is 0 Å². The van der Waals surface area contributed by atoms with Gasteiger partial charge in [-0.1, -0.05) is 12.1 Å². The first-order chi connectivity index (χ1) is 7.24. The highest BCUT2D eigenvalue weighted by molar-refractivity contribution is 5.94. The van der Waals surface area contributed by atoms with Crippen molar-refractivity contribution in [3.63, 3.8) is 0 Å². The van der Waals surface area contributed by atoms with Gasteiger partial charge in [0.25, 0.3) is 0 Å². The molecule has 2 rings (SSSR count). The number of fused-ring (bicyclic) bond motifs is 1. The second-order valence-electron chi connectivity index (χ2n) is 3.67. The predicted molar refractivity (Wildman–Crippen MR) is 57.5 cm³/mol. The summed E-state index contributed by atoms with van der Waals surface area (Å²) in [5.41, 5.74) is 3.20. The summed E-state index contributed by atoms with van der Waals surface area (Å²) in [4.78, 5) is 13.1. The molecule has 0 unspecified atom stereocenters. The maximum absolute atomic E-state index is 11.3. The molecular weight excluding hydrogens is 188 g/mol. The summed E-state index contributed by atoms with van der Waals surface area (Å²) in [5.74, 6) is 0.0721. The lowest BCUT2D eigenvalue weighted by molar-refractivity contribution is -0.116. The molecule has 76 valence electrons. The van der Waals surface area contributed by atoms with Gasteiger partial charge in [0.15, 0.2) is 0 Å². The molecule has 1 amide bonds. The van der Waals surface area contributed by atoms with Crippen LogP contribution in [0.5, 0.6) is 0 Å². The van der Waals surface area contributed by atoms with Crippen LogP contribution in [0.15, 0.2) is 18.2 Å². The second kappa shape index (κ2) is 3.74. The quantitative estimate of drug-likeness (QED) is 0.692. The van der Waals surface area contributed by atoms with Gasteiger partial charge < -0.3 is 4.90 Å². The van der Waals surface area contributed by atoms with Crippen LogP contribution in [-0.2, 0) is 17.6 Å². The predicted octanol–water partition coefficient (Wildman–Crippen LogP) is 1.66. The fourth-order valence-electron chi connectivity index (χ4n) is 2.08. The van der Waals surface area contributed by atoms with E-state index in [4.69, 9.17) is 5.26 Å². The molecule has 0 bridgehead atoms. The number of nitrogens with zero attached hydrogens (tertiary/aromatic N) is 2. The molecule has 3 nitrogen and oxygen atoms in total. The van der Waals surface area contributed by atoms with Crippen molar-refractivity contribution in [3.8, 4) is 6.07 Å². The van der Waals surface area contributed by atoms with E-state index in [1.165, 1.54) is 0 Å².